The van der Waals surface area contributed by atoms with Crippen molar-refractivity contribution in [3.8, 4) is 5.75 Å². The van der Waals surface area contributed by atoms with Crippen LogP contribution in [-0.4, -0.2) is 31.5 Å². The smallest absolute Gasteiger partial charge is 0.316 e. The van der Waals surface area contributed by atoms with Crippen LogP contribution in [0.4, 0.5) is 11.4 Å². The number of hydrogen-bond acceptors (Lipinski definition) is 4. The summed E-state index contributed by atoms with van der Waals surface area (Å²) in [5.74, 6) is 0.322. The molecule has 0 aromatic heterocycles. The first-order valence-corrected chi connectivity index (χ1v) is 7.50. The molecule has 0 aliphatic rings. The van der Waals surface area contributed by atoms with Crippen molar-refractivity contribution in [2.24, 2.45) is 0 Å². The van der Waals surface area contributed by atoms with E-state index in [-0.39, 0.29) is 23.1 Å². The molecule has 0 spiro atoms. The molecule has 0 aliphatic heterocycles. The third-order valence-corrected chi connectivity index (χ3v) is 3.44. The number of rotatable bonds is 4. The van der Waals surface area contributed by atoms with Crippen molar-refractivity contribution < 1.29 is 12.6 Å². The van der Waals surface area contributed by atoms with Crippen LogP contribution < -0.4 is 9.50 Å². The van der Waals surface area contributed by atoms with Gasteiger partial charge >= 0.3 is 23.1 Å². The second kappa shape index (κ2) is 7.48. The van der Waals surface area contributed by atoms with Crippen molar-refractivity contribution >= 4 is 56.2 Å². The van der Waals surface area contributed by atoms with Crippen molar-refractivity contribution in [3.63, 3.8) is 0 Å². The highest BCUT2D eigenvalue weighted by Crippen LogP contribution is 2.34. The van der Waals surface area contributed by atoms with E-state index in [1.165, 1.54) is 0 Å². The van der Waals surface area contributed by atoms with Gasteiger partial charge < -0.3 is 9.50 Å². The summed E-state index contributed by atoms with van der Waals surface area (Å²) in [4.78, 5) is 0. The Morgan fingerprint density at radius 3 is 2.18 bits per heavy atom. The molecule has 3 rings (SSSR count). The first-order chi connectivity index (χ1) is 10.2. The summed E-state index contributed by atoms with van der Waals surface area (Å²) < 4.78 is 26.7. The predicted molar refractivity (Wildman–Crippen MR) is 93.2 cm³/mol. The van der Waals surface area contributed by atoms with E-state index in [0.717, 1.165) is 22.1 Å². The van der Waals surface area contributed by atoms with E-state index in [1.54, 1.807) is 12.1 Å². The average Bonchev–Trinajstić information content (AvgIpc) is 2.48. The van der Waals surface area contributed by atoms with E-state index in [4.69, 9.17) is 4.18 Å². The Labute approximate surface area is 146 Å². The highest BCUT2D eigenvalue weighted by molar-refractivity contribution is 7.67. The highest BCUT2D eigenvalue weighted by atomic mass is 32.2. The van der Waals surface area contributed by atoms with Crippen LogP contribution in [0.2, 0.25) is 0 Å². The molecule has 0 radical (unpaired) electrons. The van der Waals surface area contributed by atoms with Gasteiger partial charge in [0.05, 0.1) is 5.69 Å². The molecule has 0 fully saturated rings. The normalized spacial score (nSPS) is 10.2. The maximum absolute atomic E-state index is 10.9. The molecule has 0 heterocycles. The van der Waals surface area contributed by atoms with Crippen LogP contribution >= 0.6 is 0 Å². The third kappa shape index (κ3) is 3.71. The molecule has 22 heavy (non-hydrogen) atoms. The van der Waals surface area contributed by atoms with Crippen LogP contribution in [0.5, 0.6) is 5.75 Å². The first-order valence-electron chi connectivity index (χ1n) is 6.40. The van der Waals surface area contributed by atoms with Crippen LogP contribution in [0, 0.1) is 0 Å². The number of para-hydroxylation sites is 1. The number of hydrogen-bond donors (Lipinski definition) is 2. The summed E-state index contributed by atoms with van der Waals surface area (Å²) in [6, 6.07) is 20.7. The number of nitrogens with one attached hydrogen (secondary N) is 1. The van der Waals surface area contributed by atoms with Crippen LogP contribution in [0.1, 0.15) is 0 Å². The van der Waals surface area contributed by atoms with Gasteiger partial charge in [0.1, 0.15) is 0 Å². The van der Waals surface area contributed by atoms with Gasteiger partial charge in [-0.15, -0.1) is 0 Å². The summed E-state index contributed by atoms with van der Waals surface area (Å²) in [5, 5.41) is 4.93. The number of fused-ring (bicyclic) bond motifs is 1. The van der Waals surface area contributed by atoms with Crippen molar-refractivity contribution in [1.82, 2.24) is 0 Å². The Bertz CT molecular complexity index is 837. The molecule has 3 aromatic rings. The minimum absolute atomic E-state index is 0. The Morgan fingerprint density at radius 1 is 0.818 bits per heavy atom. The van der Waals surface area contributed by atoms with Crippen molar-refractivity contribution in [2.75, 3.05) is 5.32 Å². The molecule has 4 nitrogen and oxygen atoms in total. The molecule has 0 saturated carbocycles. The molecule has 0 saturated heterocycles. The van der Waals surface area contributed by atoms with Gasteiger partial charge in [0.25, 0.3) is 11.0 Å². The molecule has 0 amide bonds. The number of anilines is 2. The molecule has 3 aromatic carbocycles. The lowest BCUT2D eigenvalue weighted by Gasteiger charge is -2.12. The first kappa shape index (κ1) is 16.6. The van der Waals surface area contributed by atoms with Gasteiger partial charge in [0.15, 0.2) is 5.75 Å². The zero-order valence-corrected chi connectivity index (χ0v) is 11.9. The lowest BCUT2D eigenvalue weighted by atomic mass is 10.1. The second-order valence-corrected chi connectivity index (χ2v) is 5.10. The van der Waals surface area contributed by atoms with Crippen LogP contribution in [0.25, 0.3) is 10.8 Å². The van der Waals surface area contributed by atoms with Gasteiger partial charge in [0, 0.05) is 11.1 Å². The fourth-order valence-electron chi connectivity index (χ4n) is 2.24. The maximum atomic E-state index is 10.9. The summed E-state index contributed by atoms with van der Waals surface area (Å²) in [6.45, 7) is 0. The monoisotopic (exact) mass is 325 g/mol. The highest BCUT2D eigenvalue weighted by Gasteiger charge is 2.08. The minimum atomic E-state index is -2.95. The van der Waals surface area contributed by atoms with E-state index in [2.05, 4.69) is 5.32 Å². The molecule has 0 aliphatic carbocycles. The fourth-order valence-corrected chi connectivity index (χ4v) is 2.56. The second-order valence-electron chi connectivity index (χ2n) is 4.47. The van der Waals surface area contributed by atoms with Gasteiger partial charge in [-0.1, -0.05) is 42.5 Å². The van der Waals surface area contributed by atoms with E-state index in [9.17, 15) is 8.42 Å². The molecule has 1 N–H and O–H groups in total. The number of benzene rings is 3. The maximum Gasteiger partial charge on any atom is 0.316 e. The van der Waals surface area contributed by atoms with Gasteiger partial charge in [-0.05, 0) is 29.7 Å². The Hall–Kier alpha value is -1.76. The van der Waals surface area contributed by atoms with E-state index in [1.807, 2.05) is 54.6 Å². The third-order valence-electron chi connectivity index (χ3n) is 3.09. The minimum Gasteiger partial charge on any atom is -0.384 e. The standard InChI is InChI=1S/C16H13NO3S.Mg.2H/c18-21(19)20-15-11-5-7-12-6-4-10-14(16(12)15)17-13-8-2-1-3-9-13;;;/h1-11,17,21H;;;. The zero-order valence-electron chi connectivity index (χ0n) is 11.0. The molecule has 6 heteroatoms. The summed E-state index contributed by atoms with van der Waals surface area (Å²) >= 11 is 0. The van der Waals surface area contributed by atoms with E-state index < -0.39 is 11.0 Å². The van der Waals surface area contributed by atoms with Crippen molar-refractivity contribution in [1.29, 1.82) is 0 Å². The van der Waals surface area contributed by atoms with Gasteiger partial charge in [-0.3, -0.25) is 0 Å². The van der Waals surface area contributed by atoms with Gasteiger partial charge in [-0.25, -0.2) is 0 Å². The molecule has 0 bridgehead atoms. The Balaban J connectivity index is 0.00000176. The van der Waals surface area contributed by atoms with Gasteiger partial charge in [-0.2, -0.15) is 8.42 Å². The lowest BCUT2D eigenvalue weighted by molar-refractivity contribution is 0.513. The lowest BCUT2D eigenvalue weighted by Crippen LogP contribution is -1.95. The molecular weight excluding hydrogens is 311 g/mol. The van der Waals surface area contributed by atoms with Crippen LogP contribution in [0.15, 0.2) is 66.7 Å². The Morgan fingerprint density at radius 2 is 1.50 bits per heavy atom. The summed E-state index contributed by atoms with van der Waals surface area (Å²) in [5.41, 5.74) is 1.72. The predicted octanol–water partition coefficient (Wildman–Crippen LogP) is 2.57. The Kier molecular flexibility index (Phi) is 5.65. The molecule has 0 atom stereocenters. The quantitative estimate of drug-likeness (QED) is 0.572. The average molecular weight is 326 g/mol. The molecular formula is C16H15MgNO3S. The van der Waals surface area contributed by atoms with Crippen LogP contribution in [0.3, 0.4) is 0 Å². The summed E-state index contributed by atoms with van der Waals surface area (Å²) in [6.07, 6.45) is 0. The number of thiol groups is 1. The van der Waals surface area contributed by atoms with Crippen molar-refractivity contribution in [2.45, 2.75) is 0 Å². The molecule has 0 unspecified atom stereocenters. The van der Waals surface area contributed by atoms with E-state index in [0.29, 0.717) is 5.75 Å². The van der Waals surface area contributed by atoms with Crippen LogP contribution in [-0.2, 0) is 11.0 Å². The fraction of sp³-hybridized carbons (Fsp3) is 0. The molecule has 110 valence electrons. The van der Waals surface area contributed by atoms with E-state index >= 15 is 0 Å². The zero-order chi connectivity index (χ0) is 14.7. The summed E-state index contributed by atoms with van der Waals surface area (Å²) in [7, 11) is -2.95. The SMILES string of the molecule is O=[SH](=O)Oc1cccc2cccc(Nc3ccccc3)c12.[MgH2]. The largest absolute Gasteiger partial charge is 0.384 e. The van der Waals surface area contributed by atoms with Crippen molar-refractivity contribution in [3.05, 3.63) is 66.7 Å². The van der Waals surface area contributed by atoms with Gasteiger partial charge in [0.2, 0.25) is 0 Å². The topological polar surface area (TPSA) is 55.4 Å².